The minimum absolute atomic E-state index is 0.383. The molecule has 1 N–H and O–H groups in total. The maximum Gasteiger partial charge on any atom is 0.194 e. The molecule has 0 saturated carbocycles. The van der Waals surface area contributed by atoms with Crippen molar-refractivity contribution in [2.24, 2.45) is 10.4 Å². The molecule has 2 fully saturated rings. The highest BCUT2D eigenvalue weighted by Crippen LogP contribution is 2.38. The van der Waals surface area contributed by atoms with E-state index in [1.807, 2.05) is 11.3 Å². The second-order valence-corrected chi connectivity index (χ2v) is 7.62. The van der Waals surface area contributed by atoms with Gasteiger partial charge in [0.1, 0.15) is 0 Å². The number of aryl methyl sites for hydroxylation is 1. The highest BCUT2D eigenvalue weighted by Gasteiger charge is 2.42. The van der Waals surface area contributed by atoms with Gasteiger partial charge in [0, 0.05) is 41.4 Å². The van der Waals surface area contributed by atoms with Gasteiger partial charge in [0.05, 0.1) is 13.2 Å². The van der Waals surface area contributed by atoms with E-state index in [-0.39, 0.29) is 0 Å². The summed E-state index contributed by atoms with van der Waals surface area (Å²) in [4.78, 5) is 10.1. The molecular weight excluding hydrogens is 294 g/mol. The normalized spacial score (nSPS) is 25.4. The Morgan fingerprint density at radius 3 is 2.91 bits per heavy atom. The molecule has 0 amide bonds. The fraction of sp³-hybridized carbons (Fsp3) is 0.706. The molecule has 1 unspecified atom stereocenters. The van der Waals surface area contributed by atoms with Gasteiger partial charge in [-0.2, -0.15) is 0 Å². The van der Waals surface area contributed by atoms with E-state index in [0.29, 0.717) is 5.41 Å². The predicted molar refractivity (Wildman–Crippen MR) is 92.6 cm³/mol. The lowest BCUT2D eigenvalue weighted by molar-refractivity contribution is 0.156. The van der Waals surface area contributed by atoms with Crippen LogP contribution in [-0.4, -0.2) is 43.7 Å². The summed E-state index contributed by atoms with van der Waals surface area (Å²) in [6, 6.07) is 4.44. The van der Waals surface area contributed by atoms with Crippen molar-refractivity contribution in [3.8, 4) is 0 Å². The first-order valence-electron chi connectivity index (χ1n) is 8.43. The standard InChI is InChI=1S/C17H27N3OS/c1-3-14-5-6-15(22-14)11-19-16(18-4-2)20-9-7-17(12-20)8-10-21-13-17/h5-6H,3-4,7-13H2,1-2H3,(H,18,19). The first-order valence-corrected chi connectivity index (χ1v) is 9.25. The van der Waals surface area contributed by atoms with Crippen molar-refractivity contribution in [3.05, 3.63) is 21.9 Å². The lowest BCUT2D eigenvalue weighted by Crippen LogP contribution is -2.41. The summed E-state index contributed by atoms with van der Waals surface area (Å²) in [5, 5.41) is 3.46. The third-order valence-corrected chi connectivity index (χ3v) is 5.92. The summed E-state index contributed by atoms with van der Waals surface area (Å²) in [5.41, 5.74) is 0.383. The van der Waals surface area contributed by atoms with Crippen LogP contribution in [0, 0.1) is 5.41 Å². The van der Waals surface area contributed by atoms with Crippen molar-refractivity contribution >= 4 is 17.3 Å². The maximum atomic E-state index is 5.63. The molecule has 0 bridgehead atoms. The number of hydrogen-bond donors (Lipinski definition) is 1. The summed E-state index contributed by atoms with van der Waals surface area (Å²) >= 11 is 1.88. The molecule has 4 nitrogen and oxygen atoms in total. The molecular formula is C17H27N3OS. The quantitative estimate of drug-likeness (QED) is 0.684. The zero-order valence-corrected chi connectivity index (χ0v) is 14.5. The highest BCUT2D eigenvalue weighted by atomic mass is 32.1. The Labute approximate surface area is 137 Å². The maximum absolute atomic E-state index is 5.63. The van der Waals surface area contributed by atoms with E-state index in [4.69, 9.17) is 9.73 Å². The van der Waals surface area contributed by atoms with E-state index in [0.717, 1.165) is 51.8 Å². The number of thiophene rings is 1. The summed E-state index contributed by atoms with van der Waals surface area (Å²) in [5.74, 6) is 1.07. The zero-order chi connectivity index (χ0) is 15.4. The van der Waals surface area contributed by atoms with Gasteiger partial charge in [-0.25, -0.2) is 4.99 Å². The largest absolute Gasteiger partial charge is 0.381 e. The van der Waals surface area contributed by atoms with Crippen LogP contribution in [-0.2, 0) is 17.7 Å². The van der Waals surface area contributed by atoms with Gasteiger partial charge in [-0.1, -0.05) is 6.92 Å². The third-order valence-electron chi connectivity index (χ3n) is 4.71. The van der Waals surface area contributed by atoms with Gasteiger partial charge in [0.25, 0.3) is 0 Å². The van der Waals surface area contributed by atoms with Crippen LogP contribution in [0.25, 0.3) is 0 Å². The van der Waals surface area contributed by atoms with Crippen LogP contribution in [0.4, 0.5) is 0 Å². The average molecular weight is 321 g/mol. The van der Waals surface area contributed by atoms with Crippen LogP contribution < -0.4 is 5.32 Å². The van der Waals surface area contributed by atoms with Gasteiger partial charge in [-0.3, -0.25) is 0 Å². The van der Waals surface area contributed by atoms with E-state index < -0.39 is 0 Å². The topological polar surface area (TPSA) is 36.9 Å². The molecule has 2 aliphatic rings. The number of rotatable bonds is 4. The van der Waals surface area contributed by atoms with Crippen molar-refractivity contribution in [1.82, 2.24) is 10.2 Å². The lowest BCUT2D eigenvalue weighted by Gasteiger charge is -2.24. The van der Waals surface area contributed by atoms with Crippen molar-refractivity contribution in [3.63, 3.8) is 0 Å². The van der Waals surface area contributed by atoms with Gasteiger partial charge in [0.15, 0.2) is 5.96 Å². The van der Waals surface area contributed by atoms with Gasteiger partial charge in [0.2, 0.25) is 0 Å². The van der Waals surface area contributed by atoms with E-state index >= 15 is 0 Å². The van der Waals surface area contributed by atoms with Crippen molar-refractivity contribution in [2.75, 3.05) is 32.8 Å². The number of likely N-dealkylation sites (tertiary alicyclic amines) is 1. The first-order chi connectivity index (χ1) is 10.7. The van der Waals surface area contributed by atoms with E-state index in [2.05, 4.69) is 36.2 Å². The SMILES string of the molecule is CCNC(=NCc1ccc(CC)s1)N1CCC2(CCOC2)C1. The minimum atomic E-state index is 0.383. The smallest absolute Gasteiger partial charge is 0.194 e. The number of ether oxygens (including phenoxy) is 1. The van der Waals surface area contributed by atoms with Crippen LogP contribution in [0.1, 0.15) is 36.4 Å². The lowest BCUT2D eigenvalue weighted by atomic mass is 9.87. The fourth-order valence-corrected chi connectivity index (χ4v) is 4.25. The summed E-state index contributed by atoms with van der Waals surface area (Å²) < 4.78 is 5.63. The monoisotopic (exact) mass is 321 g/mol. The van der Waals surface area contributed by atoms with Gasteiger partial charge in [-0.05, 0) is 38.3 Å². The molecule has 2 saturated heterocycles. The minimum Gasteiger partial charge on any atom is -0.381 e. The molecule has 1 aromatic heterocycles. The Morgan fingerprint density at radius 1 is 1.36 bits per heavy atom. The number of guanidine groups is 1. The van der Waals surface area contributed by atoms with E-state index in [1.54, 1.807) is 0 Å². The Hall–Kier alpha value is -1.07. The van der Waals surface area contributed by atoms with E-state index in [1.165, 1.54) is 22.6 Å². The van der Waals surface area contributed by atoms with Crippen LogP contribution in [0.15, 0.2) is 17.1 Å². The number of nitrogens with zero attached hydrogens (tertiary/aromatic N) is 2. The molecule has 2 aliphatic heterocycles. The van der Waals surface area contributed by atoms with Crippen molar-refractivity contribution < 1.29 is 4.74 Å². The molecule has 122 valence electrons. The third kappa shape index (κ3) is 3.46. The van der Waals surface area contributed by atoms with Crippen LogP contribution in [0.5, 0.6) is 0 Å². The number of hydrogen-bond acceptors (Lipinski definition) is 3. The summed E-state index contributed by atoms with van der Waals surface area (Å²) in [6.45, 7) is 10.1. The zero-order valence-electron chi connectivity index (χ0n) is 13.7. The number of nitrogens with one attached hydrogen (secondary N) is 1. The molecule has 22 heavy (non-hydrogen) atoms. The molecule has 3 heterocycles. The molecule has 0 radical (unpaired) electrons. The second-order valence-electron chi connectivity index (χ2n) is 6.37. The Balaban J connectivity index is 1.65. The Morgan fingerprint density at radius 2 is 2.23 bits per heavy atom. The predicted octanol–water partition coefficient (Wildman–Crippen LogP) is 2.89. The molecule has 1 aromatic rings. The van der Waals surface area contributed by atoms with Gasteiger partial charge >= 0.3 is 0 Å². The Kier molecular flexibility index (Phi) is 5.03. The molecule has 0 aliphatic carbocycles. The molecule has 1 atom stereocenters. The summed E-state index contributed by atoms with van der Waals surface area (Å²) in [6.07, 6.45) is 3.55. The van der Waals surface area contributed by atoms with Crippen LogP contribution in [0.2, 0.25) is 0 Å². The van der Waals surface area contributed by atoms with Gasteiger partial charge < -0.3 is 15.0 Å². The fourth-order valence-electron chi connectivity index (χ4n) is 3.36. The van der Waals surface area contributed by atoms with E-state index in [9.17, 15) is 0 Å². The molecule has 5 heteroatoms. The molecule has 1 spiro atoms. The summed E-state index contributed by atoms with van der Waals surface area (Å²) in [7, 11) is 0. The highest BCUT2D eigenvalue weighted by molar-refractivity contribution is 7.11. The van der Waals surface area contributed by atoms with Crippen molar-refractivity contribution in [1.29, 1.82) is 0 Å². The number of aliphatic imine (C=N–C) groups is 1. The van der Waals surface area contributed by atoms with Gasteiger partial charge in [-0.15, -0.1) is 11.3 Å². The molecule has 3 rings (SSSR count). The van der Waals surface area contributed by atoms with Crippen LogP contribution in [0.3, 0.4) is 0 Å². The van der Waals surface area contributed by atoms with Crippen molar-refractivity contribution in [2.45, 2.75) is 39.7 Å². The van der Waals surface area contributed by atoms with Crippen LogP contribution >= 0.6 is 11.3 Å². The average Bonchev–Trinajstić information content (AvgIpc) is 3.26. The molecule has 0 aromatic carbocycles. The first kappa shape index (κ1) is 15.8. The Bertz CT molecular complexity index is 520. The second kappa shape index (κ2) is 7.01.